The lowest BCUT2D eigenvalue weighted by Crippen LogP contribution is -2.20. The van der Waals surface area contributed by atoms with Gasteiger partial charge >= 0.3 is 6.18 Å². The molecule has 1 aliphatic rings. The van der Waals surface area contributed by atoms with Crippen LogP contribution in [0.3, 0.4) is 0 Å². The maximum absolute atomic E-state index is 13.8. The number of aromatic nitrogens is 2. The first kappa shape index (κ1) is 22.9. The fourth-order valence-electron chi connectivity index (χ4n) is 3.61. The summed E-state index contributed by atoms with van der Waals surface area (Å²) in [5.74, 6) is -1.55. The third-order valence-electron chi connectivity index (χ3n) is 5.74. The number of ether oxygens (including phenoxy) is 1. The SMILES string of the molecule is O=C(Cc1c(F)cccc1F)c1ccn(Cc2cc(C(F)(F)F)ccc2OCC2CCC2)n1. The average molecular weight is 464 g/mol. The molecule has 33 heavy (non-hydrogen) atoms. The summed E-state index contributed by atoms with van der Waals surface area (Å²) in [6.45, 7) is 0.362. The molecule has 1 saturated carbocycles. The van der Waals surface area contributed by atoms with Crippen molar-refractivity contribution in [2.24, 2.45) is 5.92 Å². The highest BCUT2D eigenvalue weighted by Gasteiger charge is 2.31. The van der Waals surface area contributed by atoms with Gasteiger partial charge in [-0.15, -0.1) is 0 Å². The number of halogens is 5. The van der Waals surface area contributed by atoms with E-state index in [0.717, 1.165) is 43.5 Å². The summed E-state index contributed by atoms with van der Waals surface area (Å²) in [6.07, 6.45) is -0.423. The van der Waals surface area contributed by atoms with Gasteiger partial charge in [0.1, 0.15) is 23.1 Å². The number of rotatable bonds is 8. The van der Waals surface area contributed by atoms with E-state index in [1.807, 2.05) is 0 Å². The zero-order valence-electron chi connectivity index (χ0n) is 17.5. The first-order valence-electron chi connectivity index (χ1n) is 10.5. The van der Waals surface area contributed by atoms with E-state index in [1.54, 1.807) is 0 Å². The molecule has 1 aromatic heterocycles. The molecule has 0 bridgehead atoms. The van der Waals surface area contributed by atoms with Gasteiger partial charge in [0.25, 0.3) is 0 Å². The summed E-state index contributed by atoms with van der Waals surface area (Å²) in [5.41, 5.74) is -0.943. The summed E-state index contributed by atoms with van der Waals surface area (Å²) in [6, 6.07) is 7.96. The number of Topliss-reactive ketones (excluding diaryl/α,β-unsaturated/α-hetero) is 1. The Morgan fingerprint density at radius 3 is 2.45 bits per heavy atom. The highest BCUT2D eigenvalue weighted by atomic mass is 19.4. The second-order valence-corrected chi connectivity index (χ2v) is 8.13. The molecule has 174 valence electrons. The first-order chi connectivity index (χ1) is 15.7. The quantitative estimate of drug-likeness (QED) is 0.311. The summed E-state index contributed by atoms with van der Waals surface area (Å²) in [5, 5.41) is 4.10. The Balaban J connectivity index is 1.52. The van der Waals surface area contributed by atoms with Gasteiger partial charge < -0.3 is 4.74 Å². The molecule has 0 unspecified atom stereocenters. The van der Waals surface area contributed by atoms with Gasteiger partial charge in [-0.25, -0.2) is 8.78 Å². The fourth-order valence-corrected chi connectivity index (χ4v) is 3.61. The number of nitrogens with zero attached hydrogens (tertiary/aromatic N) is 2. The maximum Gasteiger partial charge on any atom is 0.416 e. The number of ketones is 1. The molecule has 0 spiro atoms. The minimum atomic E-state index is -4.52. The Hall–Kier alpha value is -3.23. The lowest BCUT2D eigenvalue weighted by Gasteiger charge is -2.26. The van der Waals surface area contributed by atoms with E-state index < -0.39 is 35.6 Å². The van der Waals surface area contributed by atoms with E-state index in [0.29, 0.717) is 18.3 Å². The molecule has 9 heteroatoms. The van der Waals surface area contributed by atoms with Crippen LogP contribution in [0.15, 0.2) is 48.7 Å². The number of hydrogen-bond donors (Lipinski definition) is 0. The van der Waals surface area contributed by atoms with E-state index in [1.165, 1.54) is 29.1 Å². The van der Waals surface area contributed by atoms with Crippen LogP contribution in [0.2, 0.25) is 0 Å². The molecule has 4 rings (SSSR count). The van der Waals surface area contributed by atoms with Crippen molar-refractivity contribution in [2.75, 3.05) is 6.61 Å². The van der Waals surface area contributed by atoms with Crippen molar-refractivity contribution in [3.8, 4) is 5.75 Å². The highest BCUT2D eigenvalue weighted by Crippen LogP contribution is 2.34. The van der Waals surface area contributed by atoms with Gasteiger partial charge in [0, 0.05) is 23.7 Å². The van der Waals surface area contributed by atoms with Crippen molar-refractivity contribution in [2.45, 2.75) is 38.4 Å². The third-order valence-corrected chi connectivity index (χ3v) is 5.74. The van der Waals surface area contributed by atoms with E-state index >= 15 is 0 Å². The maximum atomic E-state index is 13.8. The minimum Gasteiger partial charge on any atom is -0.493 e. The van der Waals surface area contributed by atoms with Crippen molar-refractivity contribution >= 4 is 5.78 Å². The van der Waals surface area contributed by atoms with Crippen LogP contribution in [0, 0.1) is 17.6 Å². The first-order valence-corrected chi connectivity index (χ1v) is 10.5. The van der Waals surface area contributed by atoms with Crippen molar-refractivity contribution in [1.82, 2.24) is 9.78 Å². The van der Waals surface area contributed by atoms with E-state index in [2.05, 4.69) is 5.10 Å². The van der Waals surface area contributed by atoms with E-state index in [-0.39, 0.29) is 23.4 Å². The molecular weight excluding hydrogens is 443 g/mol. The lowest BCUT2D eigenvalue weighted by atomic mass is 9.86. The van der Waals surface area contributed by atoms with E-state index in [4.69, 9.17) is 4.74 Å². The van der Waals surface area contributed by atoms with Crippen LogP contribution in [0.1, 0.15) is 46.4 Å². The molecule has 0 aliphatic heterocycles. The van der Waals surface area contributed by atoms with Crippen LogP contribution in [-0.4, -0.2) is 22.2 Å². The van der Waals surface area contributed by atoms with Crippen LogP contribution in [0.5, 0.6) is 5.75 Å². The molecular formula is C24H21F5N2O2. The van der Waals surface area contributed by atoms with Crippen LogP contribution < -0.4 is 4.74 Å². The largest absolute Gasteiger partial charge is 0.493 e. The molecule has 0 amide bonds. The van der Waals surface area contributed by atoms with Crippen molar-refractivity contribution < 1.29 is 31.5 Å². The topological polar surface area (TPSA) is 44.1 Å². The van der Waals surface area contributed by atoms with Crippen molar-refractivity contribution in [3.05, 3.63) is 82.7 Å². The molecule has 0 N–H and O–H groups in total. The minimum absolute atomic E-state index is 0.0402. The van der Waals surface area contributed by atoms with Gasteiger partial charge in [-0.05, 0) is 55.2 Å². The van der Waals surface area contributed by atoms with Gasteiger partial charge in [0.15, 0.2) is 5.78 Å². The number of benzene rings is 2. The van der Waals surface area contributed by atoms with Crippen molar-refractivity contribution in [1.29, 1.82) is 0 Å². The van der Waals surface area contributed by atoms with Gasteiger partial charge in [-0.1, -0.05) is 12.5 Å². The highest BCUT2D eigenvalue weighted by molar-refractivity contribution is 5.95. The molecule has 2 aromatic carbocycles. The number of carbonyl (C=O) groups is 1. The molecule has 0 saturated heterocycles. The van der Waals surface area contributed by atoms with Gasteiger partial charge in [-0.3, -0.25) is 9.48 Å². The smallest absolute Gasteiger partial charge is 0.416 e. The second-order valence-electron chi connectivity index (χ2n) is 8.13. The Labute approximate surface area is 187 Å². The Bertz CT molecular complexity index is 1130. The summed E-state index contributed by atoms with van der Waals surface area (Å²) < 4.78 is 74.4. The number of alkyl halides is 3. The number of carbonyl (C=O) groups excluding carboxylic acids is 1. The Morgan fingerprint density at radius 2 is 1.82 bits per heavy atom. The van der Waals surface area contributed by atoms with Gasteiger partial charge in [0.05, 0.1) is 18.7 Å². The number of hydrogen-bond acceptors (Lipinski definition) is 3. The molecule has 3 aromatic rings. The average Bonchev–Trinajstić information content (AvgIpc) is 3.18. The molecule has 1 aliphatic carbocycles. The molecule has 1 heterocycles. The second kappa shape index (κ2) is 9.33. The van der Waals surface area contributed by atoms with E-state index in [9.17, 15) is 26.7 Å². The normalized spacial score (nSPS) is 14.2. The molecule has 1 fully saturated rings. The zero-order chi connectivity index (χ0) is 23.6. The zero-order valence-corrected chi connectivity index (χ0v) is 17.5. The molecule has 0 radical (unpaired) electrons. The fraction of sp³-hybridized carbons (Fsp3) is 0.333. The van der Waals surface area contributed by atoms with Gasteiger partial charge in [-0.2, -0.15) is 18.3 Å². The lowest BCUT2D eigenvalue weighted by molar-refractivity contribution is -0.137. The Morgan fingerprint density at radius 1 is 1.09 bits per heavy atom. The van der Waals surface area contributed by atoms with Crippen LogP contribution >= 0.6 is 0 Å². The third kappa shape index (κ3) is 5.40. The van der Waals surface area contributed by atoms with Crippen LogP contribution in [0.4, 0.5) is 22.0 Å². The van der Waals surface area contributed by atoms with Crippen LogP contribution in [0.25, 0.3) is 0 Å². The summed E-state index contributed by atoms with van der Waals surface area (Å²) in [7, 11) is 0. The van der Waals surface area contributed by atoms with Crippen molar-refractivity contribution in [3.63, 3.8) is 0 Å². The Kier molecular flexibility index (Phi) is 6.49. The van der Waals surface area contributed by atoms with Crippen LogP contribution in [-0.2, 0) is 19.1 Å². The predicted octanol–water partition coefficient (Wildman–Crippen LogP) is 5.83. The predicted molar refractivity (Wildman–Crippen MR) is 110 cm³/mol. The monoisotopic (exact) mass is 464 g/mol. The summed E-state index contributed by atoms with van der Waals surface area (Å²) in [4.78, 5) is 12.5. The standard InChI is InChI=1S/C24H21F5N2O2/c25-19-5-2-6-20(26)18(19)12-22(32)21-9-10-31(30-21)13-16-11-17(24(27,28)29)7-8-23(16)33-14-15-3-1-4-15/h2,5-11,15H,1,3-4,12-14H2. The molecule has 0 atom stereocenters. The van der Waals surface area contributed by atoms with Gasteiger partial charge in [0.2, 0.25) is 0 Å². The molecule has 4 nitrogen and oxygen atoms in total. The summed E-state index contributed by atoms with van der Waals surface area (Å²) >= 11 is 0.